The van der Waals surface area contributed by atoms with Crippen LogP contribution in [0.3, 0.4) is 0 Å². The number of likely N-dealkylation sites (tertiary alicyclic amines) is 1. The minimum absolute atomic E-state index is 0.0813. The average molecular weight is 545 g/mol. The molecule has 0 radical (unpaired) electrons. The standard InChI is InChI=1S/C29H32N6O3S/c30-15-13-21-9-11-22(12-10-21)35-26(19-27(36)33-16-5-2-6-17-33)32-25-20-31-29-24(28(25)35)14-18-34(29)39(37,38)23-7-3-1-4-8-23/h1,3-4,7-8,14,18,20-22H,2,5-6,9-13,16-17,19H2/t21-,22-. The van der Waals surface area contributed by atoms with Crippen LogP contribution in [-0.4, -0.2) is 50.8 Å². The number of hydrogen-bond acceptors (Lipinski definition) is 6. The van der Waals surface area contributed by atoms with Crippen molar-refractivity contribution >= 4 is 38.0 Å². The normalized spacial score (nSPS) is 20.3. The molecular formula is C29H32N6O3S. The van der Waals surface area contributed by atoms with Crippen LogP contribution in [0, 0.1) is 17.2 Å². The summed E-state index contributed by atoms with van der Waals surface area (Å²) in [6, 6.07) is 12.6. The van der Waals surface area contributed by atoms with E-state index in [2.05, 4.69) is 15.6 Å². The third-order valence-electron chi connectivity index (χ3n) is 8.28. The lowest BCUT2D eigenvalue weighted by atomic mass is 9.84. The summed E-state index contributed by atoms with van der Waals surface area (Å²) in [5, 5.41) is 9.88. The highest BCUT2D eigenvalue weighted by Crippen LogP contribution is 2.38. The van der Waals surface area contributed by atoms with Gasteiger partial charge in [0.15, 0.2) is 5.65 Å². The third-order valence-corrected chi connectivity index (χ3v) is 9.96. The molecule has 0 N–H and O–H groups in total. The van der Waals surface area contributed by atoms with E-state index >= 15 is 0 Å². The highest BCUT2D eigenvalue weighted by Gasteiger charge is 2.30. The summed E-state index contributed by atoms with van der Waals surface area (Å²) in [7, 11) is -3.84. The summed E-state index contributed by atoms with van der Waals surface area (Å²) < 4.78 is 30.4. The van der Waals surface area contributed by atoms with E-state index in [1.54, 1.807) is 48.8 Å². The molecule has 2 fully saturated rings. The molecule has 1 aliphatic carbocycles. The molecule has 4 aromatic rings. The van der Waals surface area contributed by atoms with E-state index < -0.39 is 10.0 Å². The van der Waals surface area contributed by atoms with Gasteiger partial charge in [0.2, 0.25) is 5.91 Å². The molecule has 202 valence electrons. The van der Waals surface area contributed by atoms with Crippen molar-refractivity contribution in [2.45, 2.75) is 68.7 Å². The molecule has 1 aliphatic heterocycles. The van der Waals surface area contributed by atoms with Crippen molar-refractivity contribution in [3.8, 4) is 6.07 Å². The van der Waals surface area contributed by atoms with Crippen LogP contribution in [0.2, 0.25) is 0 Å². The minimum atomic E-state index is -3.84. The Morgan fingerprint density at radius 2 is 1.77 bits per heavy atom. The number of imidazole rings is 1. The van der Waals surface area contributed by atoms with E-state index in [0.29, 0.717) is 34.7 Å². The summed E-state index contributed by atoms with van der Waals surface area (Å²) >= 11 is 0. The number of carbonyl (C=O) groups excluding carboxylic acids is 1. The van der Waals surface area contributed by atoms with Gasteiger partial charge in [0.25, 0.3) is 10.0 Å². The Hall–Kier alpha value is -3.71. The van der Waals surface area contributed by atoms with Gasteiger partial charge in [-0.3, -0.25) is 4.79 Å². The van der Waals surface area contributed by atoms with Crippen molar-refractivity contribution in [3.05, 3.63) is 54.6 Å². The van der Waals surface area contributed by atoms with E-state index in [4.69, 9.17) is 4.98 Å². The Bertz CT molecular complexity index is 1650. The van der Waals surface area contributed by atoms with Gasteiger partial charge in [-0.15, -0.1) is 0 Å². The van der Waals surface area contributed by atoms with Crippen molar-refractivity contribution in [1.29, 1.82) is 5.26 Å². The van der Waals surface area contributed by atoms with E-state index in [1.165, 1.54) is 3.97 Å². The highest BCUT2D eigenvalue weighted by molar-refractivity contribution is 7.90. The van der Waals surface area contributed by atoms with Crippen molar-refractivity contribution in [2.24, 2.45) is 5.92 Å². The summed E-state index contributed by atoms with van der Waals surface area (Å²) in [4.78, 5) is 24.9. The average Bonchev–Trinajstić information content (AvgIpc) is 3.56. The maximum absolute atomic E-state index is 13.5. The number of pyridine rings is 1. The zero-order valence-corrected chi connectivity index (χ0v) is 22.7. The van der Waals surface area contributed by atoms with Crippen LogP contribution >= 0.6 is 0 Å². The molecule has 1 amide bonds. The maximum atomic E-state index is 13.5. The molecule has 9 nitrogen and oxygen atoms in total. The van der Waals surface area contributed by atoms with E-state index in [-0.39, 0.29) is 23.3 Å². The second-order valence-electron chi connectivity index (χ2n) is 10.7. The SMILES string of the molecule is N#CC[C@H]1CC[C@H](n2c(CC(=O)N3CCCCC3)nc3cnc4c(ccn4S(=O)(=O)c4ccccc4)c32)CC1. The molecule has 39 heavy (non-hydrogen) atoms. The molecule has 6 rings (SSSR count). The molecule has 0 atom stereocenters. The van der Waals surface area contributed by atoms with Gasteiger partial charge >= 0.3 is 0 Å². The van der Waals surface area contributed by atoms with E-state index in [9.17, 15) is 18.5 Å². The molecule has 0 bridgehead atoms. The van der Waals surface area contributed by atoms with Gasteiger partial charge < -0.3 is 9.47 Å². The number of hydrogen-bond donors (Lipinski definition) is 0. The monoisotopic (exact) mass is 544 g/mol. The fourth-order valence-electron chi connectivity index (χ4n) is 6.24. The third kappa shape index (κ3) is 4.69. The van der Waals surface area contributed by atoms with Gasteiger partial charge in [0, 0.05) is 37.1 Å². The van der Waals surface area contributed by atoms with Gasteiger partial charge in [-0.1, -0.05) is 18.2 Å². The number of rotatable bonds is 6. The smallest absolute Gasteiger partial charge is 0.269 e. The zero-order chi connectivity index (χ0) is 27.0. The van der Waals surface area contributed by atoms with Crippen LogP contribution in [0.15, 0.2) is 53.7 Å². The second kappa shape index (κ2) is 10.5. The largest absolute Gasteiger partial charge is 0.342 e. The first-order valence-electron chi connectivity index (χ1n) is 13.8. The Morgan fingerprint density at radius 1 is 1.03 bits per heavy atom. The molecule has 0 unspecified atom stereocenters. The number of nitriles is 1. The van der Waals surface area contributed by atoms with Crippen molar-refractivity contribution in [2.75, 3.05) is 13.1 Å². The first-order chi connectivity index (χ1) is 19.0. The second-order valence-corrected chi connectivity index (χ2v) is 12.5. The predicted molar refractivity (Wildman–Crippen MR) is 147 cm³/mol. The maximum Gasteiger partial charge on any atom is 0.269 e. The predicted octanol–water partition coefficient (Wildman–Crippen LogP) is 4.82. The summed E-state index contributed by atoms with van der Waals surface area (Å²) in [5.74, 6) is 1.17. The summed E-state index contributed by atoms with van der Waals surface area (Å²) in [5.41, 5.74) is 1.84. The number of benzene rings is 1. The van der Waals surface area contributed by atoms with Crippen LogP contribution in [0.1, 0.15) is 63.2 Å². The zero-order valence-electron chi connectivity index (χ0n) is 21.9. The quantitative estimate of drug-likeness (QED) is 0.344. The van der Waals surface area contributed by atoms with Crippen LogP contribution in [0.4, 0.5) is 0 Å². The number of amides is 1. The minimum Gasteiger partial charge on any atom is -0.342 e. The summed E-state index contributed by atoms with van der Waals surface area (Å²) in [6.07, 6.45) is 10.8. The lowest BCUT2D eigenvalue weighted by Crippen LogP contribution is -2.37. The lowest BCUT2D eigenvalue weighted by Gasteiger charge is -2.30. The lowest BCUT2D eigenvalue weighted by molar-refractivity contribution is -0.131. The summed E-state index contributed by atoms with van der Waals surface area (Å²) in [6.45, 7) is 1.56. The Kier molecular flexibility index (Phi) is 6.85. The molecule has 10 heteroatoms. The fourth-order valence-corrected chi connectivity index (χ4v) is 7.56. The number of aromatic nitrogens is 4. The van der Waals surface area contributed by atoms with Crippen LogP contribution in [0.25, 0.3) is 22.1 Å². The molecule has 1 aromatic carbocycles. The van der Waals surface area contributed by atoms with Crippen LogP contribution in [0.5, 0.6) is 0 Å². The Morgan fingerprint density at radius 3 is 2.49 bits per heavy atom. The molecule has 3 aromatic heterocycles. The molecule has 1 saturated carbocycles. The number of fused-ring (bicyclic) bond motifs is 3. The Balaban J connectivity index is 1.46. The number of nitrogens with zero attached hydrogens (tertiary/aromatic N) is 6. The number of carbonyl (C=O) groups is 1. The molecular weight excluding hydrogens is 512 g/mol. The van der Waals surface area contributed by atoms with Crippen molar-refractivity contribution in [3.63, 3.8) is 0 Å². The molecule has 4 heterocycles. The highest BCUT2D eigenvalue weighted by atomic mass is 32.2. The van der Waals surface area contributed by atoms with Crippen molar-refractivity contribution in [1.82, 2.24) is 23.4 Å². The topological polar surface area (TPSA) is 114 Å². The van der Waals surface area contributed by atoms with Gasteiger partial charge in [-0.05, 0) is 69.1 Å². The number of piperidine rings is 1. The Labute approximate surface area is 228 Å². The van der Waals surface area contributed by atoms with E-state index in [1.807, 2.05) is 4.90 Å². The molecule has 1 saturated heterocycles. The van der Waals surface area contributed by atoms with Gasteiger partial charge in [0.05, 0.1) is 29.1 Å². The van der Waals surface area contributed by atoms with E-state index in [0.717, 1.165) is 63.6 Å². The fraction of sp³-hybridized carbons (Fsp3) is 0.448. The van der Waals surface area contributed by atoms with Crippen molar-refractivity contribution < 1.29 is 13.2 Å². The van der Waals surface area contributed by atoms with Crippen LogP contribution in [-0.2, 0) is 21.2 Å². The molecule has 2 aliphatic rings. The first-order valence-corrected chi connectivity index (χ1v) is 15.2. The van der Waals surface area contributed by atoms with Gasteiger partial charge in [-0.25, -0.2) is 22.4 Å². The first kappa shape index (κ1) is 25.6. The van der Waals surface area contributed by atoms with Gasteiger partial charge in [0.1, 0.15) is 11.3 Å². The van der Waals surface area contributed by atoms with Crippen LogP contribution < -0.4 is 0 Å². The molecule has 0 spiro atoms. The van der Waals surface area contributed by atoms with Gasteiger partial charge in [-0.2, -0.15) is 5.26 Å².